The summed E-state index contributed by atoms with van der Waals surface area (Å²) in [6, 6.07) is 16.0. The molecule has 5 nitrogen and oxygen atoms in total. The molecule has 0 aromatic heterocycles. The third kappa shape index (κ3) is 4.62. The number of hydrogen-bond acceptors (Lipinski definition) is 4. The molecule has 0 unspecified atom stereocenters. The van der Waals surface area contributed by atoms with Gasteiger partial charge in [0, 0.05) is 5.69 Å². The van der Waals surface area contributed by atoms with Gasteiger partial charge in [0.25, 0.3) is 5.91 Å². The van der Waals surface area contributed by atoms with E-state index in [2.05, 4.69) is 5.32 Å². The van der Waals surface area contributed by atoms with E-state index in [-0.39, 0.29) is 5.57 Å². The highest BCUT2D eigenvalue weighted by Gasteiger charge is 2.09. The van der Waals surface area contributed by atoms with Crippen molar-refractivity contribution in [1.82, 2.24) is 0 Å². The van der Waals surface area contributed by atoms with Gasteiger partial charge in [0.05, 0.1) is 13.7 Å². The maximum Gasteiger partial charge on any atom is 0.266 e. The molecule has 1 N–H and O–H groups in total. The van der Waals surface area contributed by atoms with Gasteiger partial charge >= 0.3 is 0 Å². The Morgan fingerprint density at radius 2 is 1.75 bits per heavy atom. The van der Waals surface area contributed by atoms with Gasteiger partial charge < -0.3 is 14.8 Å². The number of rotatable bonds is 6. The monoisotopic (exact) mass is 322 g/mol. The van der Waals surface area contributed by atoms with Crippen molar-refractivity contribution in [1.29, 1.82) is 5.26 Å². The van der Waals surface area contributed by atoms with Gasteiger partial charge in [-0.25, -0.2) is 0 Å². The van der Waals surface area contributed by atoms with E-state index in [9.17, 15) is 10.1 Å². The zero-order chi connectivity index (χ0) is 17.4. The lowest BCUT2D eigenvalue weighted by molar-refractivity contribution is -0.112. The summed E-state index contributed by atoms with van der Waals surface area (Å²) in [5.74, 6) is 0.978. The number of amides is 1. The van der Waals surface area contributed by atoms with Crippen LogP contribution in [0.15, 0.2) is 54.1 Å². The fourth-order valence-corrected chi connectivity index (χ4v) is 2.01. The van der Waals surface area contributed by atoms with E-state index in [1.165, 1.54) is 6.08 Å². The Bertz CT molecular complexity index is 757. The van der Waals surface area contributed by atoms with Gasteiger partial charge in [-0.1, -0.05) is 12.1 Å². The standard InChI is InChI=1S/C19H18N2O3/c1-3-24-18-10-6-16(7-11-18)21-19(22)15(13-20)12-14-4-8-17(23-2)9-5-14/h4-12H,3H2,1-2H3,(H,21,22)/b15-12+. The van der Waals surface area contributed by atoms with Crippen molar-refractivity contribution in [3.05, 3.63) is 59.7 Å². The summed E-state index contributed by atoms with van der Waals surface area (Å²) in [5, 5.41) is 11.9. The smallest absolute Gasteiger partial charge is 0.266 e. The number of nitriles is 1. The third-order valence-electron chi connectivity index (χ3n) is 3.22. The second-order valence-corrected chi connectivity index (χ2v) is 4.85. The van der Waals surface area contributed by atoms with Gasteiger partial charge in [0.15, 0.2) is 0 Å². The van der Waals surface area contributed by atoms with Gasteiger partial charge in [0.2, 0.25) is 0 Å². The van der Waals surface area contributed by atoms with Crippen molar-refractivity contribution >= 4 is 17.7 Å². The first-order valence-corrected chi connectivity index (χ1v) is 7.46. The molecule has 0 spiro atoms. The fourth-order valence-electron chi connectivity index (χ4n) is 2.01. The van der Waals surface area contributed by atoms with Crippen LogP contribution in [0.2, 0.25) is 0 Å². The minimum atomic E-state index is -0.461. The Balaban J connectivity index is 2.10. The molecule has 0 radical (unpaired) electrons. The number of benzene rings is 2. The first-order chi connectivity index (χ1) is 11.7. The molecule has 24 heavy (non-hydrogen) atoms. The molecule has 0 fully saturated rings. The molecule has 2 rings (SSSR count). The highest BCUT2D eigenvalue weighted by atomic mass is 16.5. The summed E-state index contributed by atoms with van der Waals surface area (Å²) >= 11 is 0. The maximum atomic E-state index is 12.2. The number of nitrogens with zero attached hydrogens (tertiary/aromatic N) is 1. The molecule has 0 aliphatic heterocycles. The lowest BCUT2D eigenvalue weighted by Crippen LogP contribution is -2.13. The number of ether oxygens (including phenoxy) is 2. The molecule has 122 valence electrons. The minimum absolute atomic E-state index is 0.0223. The number of hydrogen-bond donors (Lipinski definition) is 1. The van der Waals surface area contributed by atoms with Crippen LogP contribution in [-0.2, 0) is 4.79 Å². The Morgan fingerprint density at radius 1 is 1.12 bits per heavy atom. The molecule has 2 aromatic rings. The fraction of sp³-hybridized carbons (Fsp3) is 0.158. The molecule has 0 atom stereocenters. The minimum Gasteiger partial charge on any atom is -0.497 e. The van der Waals surface area contributed by atoms with Crippen molar-refractivity contribution in [2.75, 3.05) is 19.0 Å². The molecular formula is C19H18N2O3. The van der Waals surface area contributed by atoms with Crippen molar-refractivity contribution in [2.24, 2.45) is 0 Å². The predicted molar refractivity (Wildman–Crippen MR) is 92.8 cm³/mol. The van der Waals surface area contributed by atoms with E-state index < -0.39 is 5.91 Å². The van der Waals surface area contributed by atoms with Crippen molar-refractivity contribution in [3.8, 4) is 17.6 Å². The number of carbonyl (C=O) groups is 1. The van der Waals surface area contributed by atoms with Crippen molar-refractivity contribution in [3.63, 3.8) is 0 Å². The van der Waals surface area contributed by atoms with Crippen LogP contribution >= 0.6 is 0 Å². The Labute approximate surface area is 141 Å². The number of anilines is 1. The van der Waals surface area contributed by atoms with Crippen LogP contribution in [0.4, 0.5) is 5.69 Å². The summed E-state index contributed by atoms with van der Waals surface area (Å²) in [6.45, 7) is 2.48. The first kappa shape index (κ1) is 17.1. The average Bonchev–Trinajstić information content (AvgIpc) is 2.62. The van der Waals surface area contributed by atoms with E-state index in [1.54, 1.807) is 55.6 Å². The van der Waals surface area contributed by atoms with Gasteiger partial charge in [-0.2, -0.15) is 5.26 Å². The van der Waals surface area contributed by atoms with E-state index in [4.69, 9.17) is 9.47 Å². The SMILES string of the molecule is CCOc1ccc(NC(=O)/C(C#N)=C/c2ccc(OC)cc2)cc1. The molecule has 1 amide bonds. The number of nitrogens with one attached hydrogen (secondary N) is 1. The number of carbonyl (C=O) groups excluding carboxylic acids is 1. The number of methoxy groups -OCH3 is 1. The van der Waals surface area contributed by atoms with E-state index in [0.717, 1.165) is 11.3 Å². The molecule has 0 saturated carbocycles. The Morgan fingerprint density at radius 3 is 2.29 bits per heavy atom. The van der Waals surface area contributed by atoms with Crippen LogP contribution in [0, 0.1) is 11.3 Å². The van der Waals surface area contributed by atoms with Gasteiger partial charge in [-0.3, -0.25) is 4.79 Å². The first-order valence-electron chi connectivity index (χ1n) is 7.46. The summed E-state index contributed by atoms with van der Waals surface area (Å²) in [5.41, 5.74) is 1.36. The second kappa shape index (κ2) is 8.39. The van der Waals surface area contributed by atoms with Crippen LogP contribution < -0.4 is 14.8 Å². The molecule has 0 heterocycles. The van der Waals surface area contributed by atoms with Gasteiger partial charge in [0.1, 0.15) is 23.1 Å². The predicted octanol–water partition coefficient (Wildman–Crippen LogP) is 3.64. The molecular weight excluding hydrogens is 304 g/mol. The van der Waals surface area contributed by atoms with Crippen LogP contribution in [0.3, 0.4) is 0 Å². The third-order valence-corrected chi connectivity index (χ3v) is 3.22. The largest absolute Gasteiger partial charge is 0.497 e. The highest BCUT2D eigenvalue weighted by molar-refractivity contribution is 6.09. The summed E-state index contributed by atoms with van der Waals surface area (Å²) < 4.78 is 10.4. The van der Waals surface area contributed by atoms with Gasteiger partial charge in [-0.05, 0) is 55.0 Å². The van der Waals surface area contributed by atoms with Crippen LogP contribution in [0.1, 0.15) is 12.5 Å². The summed E-state index contributed by atoms with van der Waals surface area (Å²) in [4.78, 5) is 12.2. The molecule has 5 heteroatoms. The van der Waals surface area contributed by atoms with Crippen LogP contribution in [0.25, 0.3) is 6.08 Å². The maximum absolute atomic E-state index is 12.2. The zero-order valence-corrected chi connectivity index (χ0v) is 13.6. The second-order valence-electron chi connectivity index (χ2n) is 4.85. The summed E-state index contributed by atoms with van der Waals surface area (Å²) in [7, 11) is 1.58. The lowest BCUT2D eigenvalue weighted by Gasteiger charge is -2.06. The molecule has 0 bridgehead atoms. The molecule has 2 aromatic carbocycles. The Hall–Kier alpha value is -3.26. The molecule has 0 aliphatic carbocycles. The topological polar surface area (TPSA) is 71.3 Å². The highest BCUT2D eigenvalue weighted by Crippen LogP contribution is 2.17. The molecule has 0 aliphatic rings. The van der Waals surface area contributed by atoms with E-state index in [0.29, 0.717) is 18.0 Å². The summed E-state index contributed by atoms with van der Waals surface area (Å²) in [6.07, 6.45) is 1.53. The van der Waals surface area contributed by atoms with Crippen LogP contribution in [0.5, 0.6) is 11.5 Å². The average molecular weight is 322 g/mol. The molecule has 0 saturated heterocycles. The van der Waals surface area contributed by atoms with E-state index >= 15 is 0 Å². The quantitative estimate of drug-likeness (QED) is 0.651. The van der Waals surface area contributed by atoms with Gasteiger partial charge in [-0.15, -0.1) is 0 Å². The normalized spacial score (nSPS) is 10.6. The lowest BCUT2D eigenvalue weighted by atomic mass is 10.1. The van der Waals surface area contributed by atoms with E-state index in [1.807, 2.05) is 13.0 Å². The zero-order valence-electron chi connectivity index (χ0n) is 13.6. The van der Waals surface area contributed by atoms with Crippen LogP contribution in [-0.4, -0.2) is 19.6 Å². The Kier molecular flexibility index (Phi) is 5.98. The van der Waals surface area contributed by atoms with Crippen molar-refractivity contribution < 1.29 is 14.3 Å². The van der Waals surface area contributed by atoms with Crippen molar-refractivity contribution in [2.45, 2.75) is 6.92 Å².